The molecule has 0 saturated carbocycles. The lowest BCUT2D eigenvalue weighted by Gasteiger charge is -2.38. The van der Waals surface area contributed by atoms with E-state index in [1.807, 2.05) is 6.07 Å². The maximum absolute atomic E-state index is 13.9. The van der Waals surface area contributed by atoms with Crippen molar-refractivity contribution in [3.05, 3.63) is 90.1 Å². The molecule has 0 bridgehead atoms. The zero-order valence-electron chi connectivity index (χ0n) is 16.7. The van der Waals surface area contributed by atoms with Gasteiger partial charge in [0.2, 0.25) is 0 Å². The third-order valence-electron chi connectivity index (χ3n) is 5.56. The van der Waals surface area contributed by atoms with Crippen molar-refractivity contribution in [2.45, 2.75) is 25.3 Å². The predicted molar refractivity (Wildman–Crippen MR) is 119 cm³/mol. The highest BCUT2D eigenvalue weighted by Crippen LogP contribution is 2.27. The van der Waals surface area contributed by atoms with Crippen molar-refractivity contribution < 1.29 is 13.6 Å². The molecule has 4 nitrogen and oxygen atoms in total. The SMILES string of the molecule is Cl.O=C(c1ccoc1)N(c1cccc(F)c1)C1CCN(CCc2ccccc2)CC1. The summed E-state index contributed by atoms with van der Waals surface area (Å²) in [6.07, 6.45) is 5.67. The third kappa shape index (κ3) is 5.29. The van der Waals surface area contributed by atoms with Gasteiger partial charge in [-0.3, -0.25) is 4.79 Å². The van der Waals surface area contributed by atoms with Gasteiger partial charge < -0.3 is 14.2 Å². The van der Waals surface area contributed by atoms with E-state index in [9.17, 15) is 9.18 Å². The fourth-order valence-corrected chi connectivity index (χ4v) is 3.98. The minimum absolute atomic E-state index is 0. The summed E-state index contributed by atoms with van der Waals surface area (Å²) in [5.74, 6) is -0.486. The largest absolute Gasteiger partial charge is 0.472 e. The second-order valence-electron chi connectivity index (χ2n) is 7.48. The Morgan fingerprint density at radius 3 is 2.50 bits per heavy atom. The van der Waals surface area contributed by atoms with Crippen LogP contribution in [0.25, 0.3) is 0 Å². The van der Waals surface area contributed by atoms with E-state index < -0.39 is 0 Å². The molecule has 2 heterocycles. The van der Waals surface area contributed by atoms with Crippen molar-refractivity contribution in [1.29, 1.82) is 0 Å². The maximum atomic E-state index is 13.9. The number of furan rings is 1. The maximum Gasteiger partial charge on any atom is 0.261 e. The lowest BCUT2D eigenvalue weighted by molar-refractivity contribution is 0.0959. The fourth-order valence-electron chi connectivity index (χ4n) is 3.98. The van der Waals surface area contributed by atoms with Gasteiger partial charge in [-0.05, 0) is 49.1 Å². The van der Waals surface area contributed by atoms with Gasteiger partial charge in [-0.25, -0.2) is 4.39 Å². The molecular weight excluding hydrogens is 403 g/mol. The average Bonchev–Trinajstić information content (AvgIpc) is 3.29. The van der Waals surface area contributed by atoms with E-state index in [4.69, 9.17) is 4.42 Å². The minimum atomic E-state index is -0.340. The number of halogens is 2. The van der Waals surface area contributed by atoms with Crippen LogP contribution in [0.4, 0.5) is 10.1 Å². The lowest BCUT2D eigenvalue weighted by Crippen LogP contribution is -2.48. The average molecular weight is 429 g/mol. The molecule has 6 heteroatoms. The molecule has 0 spiro atoms. The number of carbonyl (C=O) groups is 1. The van der Waals surface area contributed by atoms with Crippen LogP contribution in [-0.4, -0.2) is 36.5 Å². The summed E-state index contributed by atoms with van der Waals surface area (Å²) >= 11 is 0. The van der Waals surface area contributed by atoms with Crippen LogP contribution in [0.1, 0.15) is 28.8 Å². The molecule has 0 aliphatic carbocycles. The Labute approximate surface area is 182 Å². The van der Waals surface area contributed by atoms with Gasteiger partial charge in [0.25, 0.3) is 5.91 Å². The van der Waals surface area contributed by atoms with Gasteiger partial charge in [0.1, 0.15) is 12.1 Å². The fraction of sp³-hybridized carbons (Fsp3) is 0.292. The van der Waals surface area contributed by atoms with E-state index in [-0.39, 0.29) is 30.2 Å². The number of piperidine rings is 1. The number of amides is 1. The Kier molecular flexibility index (Phi) is 7.66. The number of benzene rings is 2. The Morgan fingerprint density at radius 2 is 1.83 bits per heavy atom. The normalized spacial score (nSPS) is 14.8. The predicted octanol–water partition coefficient (Wildman–Crippen LogP) is 5.19. The molecule has 30 heavy (non-hydrogen) atoms. The van der Waals surface area contributed by atoms with Crippen LogP contribution in [0.3, 0.4) is 0 Å². The van der Waals surface area contributed by atoms with Crippen molar-refractivity contribution in [2.24, 2.45) is 0 Å². The number of rotatable bonds is 6. The highest BCUT2D eigenvalue weighted by molar-refractivity contribution is 6.06. The highest BCUT2D eigenvalue weighted by atomic mass is 35.5. The number of hydrogen-bond acceptors (Lipinski definition) is 3. The first-order chi connectivity index (χ1) is 14.2. The second kappa shape index (κ2) is 10.4. The summed E-state index contributed by atoms with van der Waals surface area (Å²) in [6.45, 7) is 2.84. The van der Waals surface area contributed by atoms with Crippen LogP contribution in [0.5, 0.6) is 0 Å². The summed E-state index contributed by atoms with van der Waals surface area (Å²) < 4.78 is 19.0. The third-order valence-corrected chi connectivity index (χ3v) is 5.56. The Morgan fingerprint density at radius 1 is 1.07 bits per heavy atom. The van der Waals surface area contributed by atoms with Gasteiger partial charge in [0.05, 0.1) is 11.8 Å². The molecule has 0 unspecified atom stereocenters. The Hall–Kier alpha value is -2.63. The van der Waals surface area contributed by atoms with Crippen molar-refractivity contribution in [3.8, 4) is 0 Å². The molecule has 3 aromatic rings. The van der Waals surface area contributed by atoms with Crippen molar-refractivity contribution in [3.63, 3.8) is 0 Å². The number of likely N-dealkylation sites (tertiary alicyclic amines) is 1. The number of hydrogen-bond donors (Lipinski definition) is 0. The van der Waals surface area contributed by atoms with E-state index >= 15 is 0 Å². The standard InChI is InChI=1S/C24H25FN2O2.ClH/c25-21-7-4-8-23(17-21)27(24(28)20-12-16-29-18-20)22-10-14-26(15-11-22)13-9-19-5-2-1-3-6-19;/h1-8,12,16-18,22H,9-11,13-15H2;1H. The molecule has 1 fully saturated rings. The zero-order chi connectivity index (χ0) is 20.1. The molecule has 158 valence electrons. The molecule has 1 aromatic heterocycles. The van der Waals surface area contributed by atoms with Gasteiger partial charge in [-0.15, -0.1) is 12.4 Å². The highest BCUT2D eigenvalue weighted by Gasteiger charge is 2.30. The summed E-state index contributed by atoms with van der Waals surface area (Å²) in [6, 6.07) is 18.4. The van der Waals surface area contributed by atoms with E-state index in [1.54, 1.807) is 23.1 Å². The van der Waals surface area contributed by atoms with E-state index in [0.29, 0.717) is 11.3 Å². The summed E-state index contributed by atoms with van der Waals surface area (Å²) in [5.41, 5.74) is 2.42. The quantitative estimate of drug-likeness (QED) is 0.541. The number of nitrogens with zero attached hydrogens (tertiary/aromatic N) is 2. The van der Waals surface area contributed by atoms with Crippen LogP contribution in [0, 0.1) is 5.82 Å². The summed E-state index contributed by atoms with van der Waals surface area (Å²) in [7, 11) is 0. The van der Waals surface area contributed by atoms with Gasteiger partial charge >= 0.3 is 0 Å². The monoisotopic (exact) mass is 428 g/mol. The molecule has 2 aromatic carbocycles. The van der Waals surface area contributed by atoms with Crippen molar-refractivity contribution in [2.75, 3.05) is 24.5 Å². The van der Waals surface area contributed by atoms with E-state index in [2.05, 4.69) is 29.2 Å². The van der Waals surface area contributed by atoms with Crippen LogP contribution >= 0.6 is 12.4 Å². The topological polar surface area (TPSA) is 36.7 Å². The first-order valence-electron chi connectivity index (χ1n) is 10.1. The minimum Gasteiger partial charge on any atom is -0.472 e. The van der Waals surface area contributed by atoms with Crippen LogP contribution in [0.2, 0.25) is 0 Å². The van der Waals surface area contributed by atoms with E-state index in [1.165, 1.54) is 30.2 Å². The molecule has 4 rings (SSSR count). The molecular formula is C24H26ClFN2O2. The molecule has 1 aliphatic heterocycles. The lowest BCUT2D eigenvalue weighted by atomic mass is 10.0. The molecule has 1 saturated heterocycles. The van der Waals surface area contributed by atoms with Crippen LogP contribution in [0.15, 0.2) is 77.6 Å². The Balaban J connectivity index is 0.00000256. The van der Waals surface area contributed by atoms with E-state index in [0.717, 1.165) is 38.9 Å². The number of carbonyl (C=O) groups excluding carboxylic acids is 1. The first-order valence-corrected chi connectivity index (χ1v) is 10.1. The van der Waals surface area contributed by atoms with Gasteiger partial charge in [0, 0.05) is 31.4 Å². The zero-order valence-corrected chi connectivity index (χ0v) is 17.6. The van der Waals surface area contributed by atoms with Crippen molar-refractivity contribution in [1.82, 2.24) is 4.90 Å². The first kappa shape index (κ1) is 22.1. The van der Waals surface area contributed by atoms with Crippen molar-refractivity contribution >= 4 is 24.0 Å². The smallest absolute Gasteiger partial charge is 0.261 e. The van der Waals surface area contributed by atoms with Crippen LogP contribution < -0.4 is 4.90 Å². The molecule has 1 amide bonds. The molecule has 0 radical (unpaired) electrons. The van der Waals surface area contributed by atoms with Gasteiger partial charge in [-0.2, -0.15) is 0 Å². The summed E-state index contributed by atoms with van der Waals surface area (Å²) in [4.78, 5) is 17.3. The molecule has 0 N–H and O–H groups in total. The molecule has 0 atom stereocenters. The second-order valence-corrected chi connectivity index (χ2v) is 7.48. The van der Waals surface area contributed by atoms with Gasteiger partial charge in [-0.1, -0.05) is 36.4 Å². The van der Waals surface area contributed by atoms with Gasteiger partial charge in [0.15, 0.2) is 0 Å². The number of anilines is 1. The summed E-state index contributed by atoms with van der Waals surface area (Å²) in [5, 5.41) is 0. The van der Waals surface area contributed by atoms with Crippen LogP contribution in [-0.2, 0) is 6.42 Å². The Bertz CT molecular complexity index is 925. The molecule has 1 aliphatic rings.